The van der Waals surface area contributed by atoms with Gasteiger partial charge in [-0.25, -0.2) is 4.79 Å². The standard InChI is InChI=1S/C12H12N2O4.C5H6O2/c1-3-12(7-15)5-4-9(18-12)14-6-8(2)10(16)13-11(14)17;6-4-5-2-1-3-7-5/h1,4-6,9,15H,7H2,2H3,(H,13,16,17);1-3,6H,4H2/t9-,12+;/m1./s1. The highest BCUT2D eigenvalue weighted by molar-refractivity contribution is 5.25. The van der Waals surface area contributed by atoms with Gasteiger partial charge in [-0.3, -0.25) is 14.3 Å². The van der Waals surface area contributed by atoms with Crippen LogP contribution in [-0.2, 0) is 11.3 Å². The predicted octanol–water partition coefficient (Wildman–Crippen LogP) is 0.0662. The van der Waals surface area contributed by atoms with Gasteiger partial charge in [0.25, 0.3) is 5.56 Å². The monoisotopic (exact) mass is 346 g/mol. The molecule has 2 aromatic heterocycles. The van der Waals surface area contributed by atoms with Gasteiger partial charge >= 0.3 is 5.69 Å². The third kappa shape index (κ3) is 4.16. The maximum Gasteiger partial charge on any atom is 0.330 e. The van der Waals surface area contributed by atoms with E-state index < -0.39 is 23.1 Å². The molecular formula is C17H18N2O6. The number of nitrogens with one attached hydrogen (secondary N) is 1. The van der Waals surface area contributed by atoms with E-state index in [1.165, 1.54) is 23.1 Å². The lowest BCUT2D eigenvalue weighted by atomic mass is 10.1. The Hall–Kier alpha value is -2.86. The fourth-order valence-electron chi connectivity index (χ4n) is 2.08. The molecule has 132 valence electrons. The van der Waals surface area contributed by atoms with Crippen LogP contribution in [0.5, 0.6) is 0 Å². The van der Waals surface area contributed by atoms with Crippen LogP contribution in [-0.4, -0.2) is 32.0 Å². The first kappa shape index (κ1) is 18.5. The van der Waals surface area contributed by atoms with Crippen LogP contribution >= 0.6 is 0 Å². The van der Waals surface area contributed by atoms with Crippen molar-refractivity contribution in [2.75, 3.05) is 6.61 Å². The summed E-state index contributed by atoms with van der Waals surface area (Å²) in [5.41, 5.74) is -1.86. The normalized spacial score (nSPS) is 21.4. The minimum atomic E-state index is -1.21. The van der Waals surface area contributed by atoms with Crippen molar-refractivity contribution in [1.29, 1.82) is 0 Å². The molecule has 0 unspecified atom stereocenters. The van der Waals surface area contributed by atoms with Gasteiger partial charge in [0.1, 0.15) is 12.4 Å². The number of terminal acetylenes is 1. The van der Waals surface area contributed by atoms with Crippen molar-refractivity contribution in [3.63, 3.8) is 0 Å². The summed E-state index contributed by atoms with van der Waals surface area (Å²) in [7, 11) is 0. The average molecular weight is 346 g/mol. The molecule has 0 spiro atoms. The molecule has 8 heteroatoms. The maximum atomic E-state index is 11.6. The van der Waals surface area contributed by atoms with Crippen LogP contribution in [0.15, 0.2) is 50.8 Å². The third-order valence-corrected chi connectivity index (χ3v) is 3.50. The van der Waals surface area contributed by atoms with E-state index in [0.29, 0.717) is 11.3 Å². The molecule has 0 aromatic carbocycles. The Bertz CT molecular complexity index is 887. The second kappa shape index (κ2) is 7.81. The first-order valence-corrected chi connectivity index (χ1v) is 7.36. The first-order valence-electron chi connectivity index (χ1n) is 7.36. The third-order valence-electron chi connectivity index (χ3n) is 3.50. The molecule has 0 fully saturated rings. The highest BCUT2D eigenvalue weighted by Gasteiger charge is 2.34. The molecule has 3 N–H and O–H groups in total. The predicted molar refractivity (Wildman–Crippen MR) is 88.6 cm³/mol. The lowest BCUT2D eigenvalue weighted by Crippen LogP contribution is -2.36. The largest absolute Gasteiger partial charge is 0.467 e. The van der Waals surface area contributed by atoms with Crippen molar-refractivity contribution in [3.05, 3.63) is 68.9 Å². The van der Waals surface area contributed by atoms with Crippen LogP contribution in [0, 0.1) is 19.3 Å². The number of ether oxygens (including phenoxy) is 1. The van der Waals surface area contributed by atoms with Crippen molar-refractivity contribution in [2.45, 2.75) is 25.4 Å². The number of aromatic nitrogens is 2. The number of aliphatic hydroxyl groups is 2. The van der Waals surface area contributed by atoms with Crippen LogP contribution < -0.4 is 11.2 Å². The summed E-state index contributed by atoms with van der Waals surface area (Å²) in [6.07, 6.45) is 10.5. The number of aliphatic hydroxyl groups excluding tert-OH is 2. The minimum Gasteiger partial charge on any atom is -0.467 e. The number of rotatable bonds is 3. The van der Waals surface area contributed by atoms with Crippen molar-refractivity contribution < 1.29 is 19.4 Å². The quantitative estimate of drug-likeness (QED) is 0.535. The maximum absolute atomic E-state index is 11.6. The molecule has 8 nitrogen and oxygen atoms in total. The molecule has 3 rings (SSSR count). The Labute approximate surface area is 143 Å². The van der Waals surface area contributed by atoms with E-state index in [4.69, 9.17) is 20.7 Å². The lowest BCUT2D eigenvalue weighted by Gasteiger charge is -2.21. The molecule has 0 saturated heterocycles. The van der Waals surface area contributed by atoms with E-state index >= 15 is 0 Å². The van der Waals surface area contributed by atoms with Crippen molar-refractivity contribution >= 4 is 0 Å². The average Bonchev–Trinajstić information content (AvgIpc) is 3.28. The van der Waals surface area contributed by atoms with E-state index in [0.717, 1.165) is 0 Å². The number of hydrogen-bond acceptors (Lipinski definition) is 6. The molecule has 1 aliphatic rings. The van der Waals surface area contributed by atoms with Gasteiger partial charge in [-0.2, -0.15) is 0 Å². The molecular weight excluding hydrogens is 328 g/mol. The van der Waals surface area contributed by atoms with Gasteiger partial charge in [0, 0.05) is 11.8 Å². The highest BCUT2D eigenvalue weighted by Crippen LogP contribution is 2.27. The molecule has 0 amide bonds. The van der Waals surface area contributed by atoms with Gasteiger partial charge < -0.3 is 19.4 Å². The summed E-state index contributed by atoms with van der Waals surface area (Å²) in [5.74, 6) is 2.94. The smallest absolute Gasteiger partial charge is 0.330 e. The lowest BCUT2D eigenvalue weighted by molar-refractivity contribution is -0.0503. The fraction of sp³-hybridized carbons (Fsp3) is 0.294. The zero-order chi connectivity index (χ0) is 18.4. The molecule has 3 heterocycles. The topological polar surface area (TPSA) is 118 Å². The molecule has 0 saturated carbocycles. The van der Waals surface area contributed by atoms with Gasteiger partial charge in [-0.1, -0.05) is 5.92 Å². The highest BCUT2D eigenvalue weighted by atomic mass is 16.5. The summed E-state index contributed by atoms with van der Waals surface area (Å²) in [5, 5.41) is 17.5. The molecule has 0 radical (unpaired) electrons. The SMILES string of the molecule is C#C[C@@]1(CO)C=C[C@H](n2cc(C)c(=O)[nH]c2=O)O1.OCc1ccco1. The van der Waals surface area contributed by atoms with E-state index in [1.807, 2.05) is 0 Å². The fourth-order valence-corrected chi connectivity index (χ4v) is 2.08. The van der Waals surface area contributed by atoms with Crippen molar-refractivity contribution in [1.82, 2.24) is 9.55 Å². The Morgan fingerprint density at radius 3 is 2.68 bits per heavy atom. The number of aromatic amines is 1. The van der Waals surface area contributed by atoms with Crippen LogP contribution in [0.1, 0.15) is 17.6 Å². The number of nitrogens with zero attached hydrogens (tertiary/aromatic N) is 1. The zero-order valence-corrected chi connectivity index (χ0v) is 13.5. The summed E-state index contributed by atoms with van der Waals surface area (Å²) in [6.45, 7) is 1.19. The zero-order valence-electron chi connectivity index (χ0n) is 13.5. The van der Waals surface area contributed by atoms with Crippen LogP contribution in [0.3, 0.4) is 0 Å². The molecule has 0 bridgehead atoms. The molecule has 2 aromatic rings. The summed E-state index contributed by atoms with van der Waals surface area (Å²) in [6, 6.07) is 3.46. The van der Waals surface area contributed by atoms with Crippen molar-refractivity contribution in [3.8, 4) is 12.3 Å². The van der Waals surface area contributed by atoms with Gasteiger partial charge in [-0.15, -0.1) is 6.42 Å². The Morgan fingerprint density at radius 2 is 2.20 bits per heavy atom. The van der Waals surface area contributed by atoms with E-state index in [2.05, 4.69) is 10.9 Å². The van der Waals surface area contributed by atoms with Gasteiger partial charge in [0.05, 0.1) is 12.9 Å². The van der Waals surface area contributed by atoms with Crippen LogP contribution in [0.4, 0.5) is 0 Å². The van der Waals surface area contributed by atoms with Gasteiger partial charge in [-0.05, 0) is 31.2 Å². The van der Waals surface area contributed by atoms with Crippen LogP contribution in [0.25, 0.3) is 0 Å². The number of hydrogen-bond donors (Lipinski definition) is 3. The number of aryl methyl sites for hydroxylation is 1. The van der Waals surface area contributed by atoms with Gasteiger partial charge in [0.2, 0.25) is 0 Å². The second-order valence-electron chi connectivity index (χ2n) is 5.28. The number of furan rings is 1. The van der Waals surface area contributed by atoms with Crippen molar-refractivity contribution in [2.24, 2.45) is 0 Å². The first-order chi connectivity index (χ1) is 11.9. The van der Waals surface area contributed by atoms with E-state index in [1.54, 1.807) is 25.1 Å². The van der Waals surface area contributed by atoms with Gasteiger partial charge in [0.15, 0.2) is 11.8 Å². The Morgan fingerprint density at radius 1 is 1.44 bits per heavy atom. The summed E-state index contributed by atoms with van der Waals surface area (Å²) < 4.78 is 11.4. The van der Waals surface area contributed by atoms with E-state index in [9.17, 15) is 14.7 Å². The summed E-state index contributed by atoms with van der Waals surface area (Å²) in [4.78, 5) is 25.1. The van der Waals surface area contributed by atoms with E-state index in [-0.39, 0.29) is 13.2 Å². The van der Waals surface area contributed by atoms with Crippen LogP contribution in [0.2, 0.25) is 0 Å². The minimum absolute atomic E-state index is 0.00694. The molecule has 0 aliphatic carbocycles. The second-order valence-corrected chi connectivity index (χ2v) is 5.28. The molecule has 2 atom stereocenters. The summed E-state index contributed by atoms with van der Waals surface area (Å²) >= 11 is 0. The number of H-pyrrole nitrogens is 1. The Balaban J connectivity index is 0.000000269. The Kier molecular flexibility index (Phi) is 5.77. The molecule has 1 aliphatic heterocycles. The molecule has 25 heavy (non-hydrogen) atoms.